The molecule has 2 N–H and O–H groups in total. The van der Waals surface area contributed by atoms with E-state index in [0.717, 1.165) is 18.5 Å². The Morgan fingerprint density at radius 3 is 2.79 bits per heavy atom. The number of rotatable bonds is 6. The topological polar surface area (TPSA) is 102 Å². The van der Waals surface area contributed by atoms with Crippen molar-refractivity contribution in [1.82, 2.24) is 14.9 Å². The molecule has 146 valence electrons. The third-order valence-corrected chi connectivity index (χ3v) is 4.52. The number of para-hydroxylation sites is 1. The number of hydrogen-bond acceptors (Lipinski definition) is 5. The van der Waals surface area contributed by atoms with Crippen molar-refractivity contribution >= 4 is 23.5 Å². The number of hydrogen-bond donors (Lipinski definition) is 2. The van der Waals surface area contributed by atoms with E-state index in [9.17, 15) is 14.4 Å². The fourth-order valence-corrected chi connectivity index (χ4v) is 3.21. The van der Waals surface area contributed by atoms with Gasteiger partial charge in [0.25, 0.3) is 11.8 Å². The van der Waals surface area contributed by atoms with Gasteiger partial charge in [0.15, 0.2) is 5.82 Å². The summed E-state index contributed by atoms with van der Waals surface area (Å²) in [6.45, 7) is 4.51. The summed E-state index contributed by atoms with van der Waals surface area (Å²) in [7, 11) is 1.28. The zero-order chi connectivity index (χ0) is 20.1. The Bertz CT molecular complexity index is 932. The first kappa shape index (κ1) is 19.3. The molecule has 0 radical (unpaired) electrons. The molecule has 2 heterocycles. The van der Waals surface area contributed by atoms with Gasteiger partial charge in [-0.1, -0.05) is 18.2 Å². The van der Waals surface area contributed by atoms with Gasteiger partial charge in [-0.2, -0.15) is 0 Å². The van der Waals surface area contributed by atoms with E-state index in [0.29, 0.717) is 25.2 Å². The summed E-state index contributed by atoms with van der Waals surface area (Å²) in [6, 6.07) is 6.57. The van der Waals surface area contributed by atoms with Gasteiger partial charge in [0.1, 0.15) is 5.69 Å². The van der Waals surface area contributed by atoms with Crippen LogP contribution in [0.4, 0.5) is 5.69 Å². The summed E-state index contributed by atoms with van der Waals surface area (Å²) in [5, 5.41) is 5.42. The van der Waals surface area contributed by atoms with Crippen molar-refractivity contribution in [3.63, 3.8) is 0 Å². The summed E-state index contributed by atoms with van der Waals surface area (Å²) in [4.78, 5) is 41.6. The minimum absolute atomic E-state index is 0.151. The summed E-state index contributed by atoms with van der Waals surface area (Å²) >= 11 is 0. The number of nitrogens with zero attached hydrogens (tertiary/aromatic N) is 2. The van der Waals surface area contributed by atoms with Crippen molar-refractivity contribution in [2.24, 2.45) is 0 Å². The molecule has 0 atom stereocenters. The van der Waals surface area contributed by atoms with Crippen LogP contribution in [0, 0.1) is 0 Å². The van der Waals surface area contributed by atoms with E-state index in [4.69, 9.17) is 4.74 Å². The number of anilines is 1. The average Bonchev–Trinajstić information content (AvgIpc) is 3.12. The van der Waals surface area contributed by atoms with Gasteiger partial charge in [0.2, 0.25) is 0 Å². The van der Waals surface area contributed by atoms with E-state index in [-0.39, 0.29) is 23.0 Å². The molecule has 1 aromatic heterocycles. The van der Waals surface area contributed by atoms with Crippen molar-refractivity contribution in [3.05, 3.63) is 59.7 Å². The third-order valence-electron chi connectivity index (χ3n) is 4.52. The molecule has 0 fully saturated rings. The molecule has 0 aliphatic carbocycles. The first-order valence-corrected chi connectivity index (χ1v) is 9.04. The number of benzene rings is 1. The van der Waals surface area contributed by atoms with E-state index in [1.165, 1.54) is 7.11 Å². The molecule has 1 aromatic carbocycles. The van der Waals surface area contributed by atoms with Crippen molar-refractivity contribution in [3.8, 4) is 0 Å². The van der Waals surface area contributed by atoms with Crippen LogP contribution in [0.3, 0.4) is 0 Å². The summed E-state index contributed by atoms with van der Waals surface area (Å²) in [6.07, 6.45) is 4.09. The van der Waals surface area contributed by atoms with Crippen LogP contribution >= 0.6 is 0 Å². The molecule has 3 rings (SSSR count). The van der Waals surface area contributed by atoms with Gasteiger partial charge >= 0.3 is 5.97 Å². The molecular weight excluding hydrogens is 360 g/mol. The zero-order valence-corrected chi connectivity index (χ0v) is 15.7. The van der Waals surface area contributed by atoms with Crippen LogP contribution in [0.5, 0.6) is 0 Å². The molecule has 8 nitrogen and oxygen atoms in total. The molecule has 0 saturated heterocycles. The quantitative estimate of drug-likeness (QED) is 0.589. The highest BCUT2D eigenvalue weighted by Crippen LogP contribution is 2.23. The normalized spacial score (nSPS) is 12.6. The lowest BCUT2D eigenvalue weighted by molar-refractivity contribution is 0.0601. The third kappa shape index (κ3) is 3.80. The Morgan fingerprint density at radius 2 is 2.04 bits per heavy atom. The van der Waals surface area contributed by atoms with Crippen molar-refractivity contribution in [1.29, 1.82) is 0 Å². The summed E-state index contributed by atoms with van der Waals surface area (Å²) in [5.74, 6) is -1.22. The lowest BCUT2D eigenvalue weighted by atomic mass is 10.1. The van der Waals surface area contributed by atoms with Crippen molar-refractivity contribution in [2.75, 3.05) is 19.0 Å². The monoisotopic (exact) mass is 382 g/mol. The van der Waals surface area contributed by atoms with E-state index >= 15 is 0 Å². The Balaban J connectivity index is 1.93. The highest BCUT2D eigenvalue weighted by molar-refractivity contribution is 6.07. The minimum Gasteiger partial charge on any atom is -0.465 e. The SMILES string of the molecule is C=CCNC(=O)c1nc(C(=O)Nc2ccccc2C(=O)OC)n2c1CCCC2. The second-order valence-corrected chi connectivity index (χ2v) is 6.33. The number of ether oxygens (including phenoxy) is 1. The first-order chi connectivity index (χ1) is 13.6. The van der Waals surface area contributed by atoms with Crippen LogP contribution in [-0.2, 0) is 17.7 Å². The van der Waals surface area contributed by atoms with Crippen LogP contribution in [-0.4, -0.2) is 41.0 Å². The molecule has 1 aliphatic rings. The van der Waals surface area contributed by atoms with Crippen LogP contribution in [0.25, 0.3) is 0 Å². The smallest absolute Gasteiger partial charge is 0.339 e. The molecule has 0 bridgehead atoms. The fourth-order valence-electron chi connectivity index (χ4n) is 3.21. The van der Waals surface area contributed by atoms with Crippen molar-refractivity contribution in [2.45, 2.75) is 25.8 Å². The second-order valence-electron chi connectivity index (χ2n) is 6.33. The highest BCUT2D eigenvalue weighted by atomic mass is 16.5. The molecule has 8 heteroatoms. The predicted molar refractivity (Wildman–Crippen MR) is 103 cm³/mol. The molecule has 28 heavy (non-hydrogen) atoms. The van der Waals surface area contributed by atoms with E-state index in [1.807, 2.05) is 0 Å². The number of carbonyl (C=O) groups excluding carboxylic acids is 3. The minimum atomic E-state index is -0.550. The standard InChI is InChI=1S/C20H22N4O4/c1-3-11-21-18(25)16-15-10-6-7-12-24(15)17(23-16)19(26)22-14-9-5-4-8-13(14)20(27)28-2/h3-5,8-9H,1,6-7,10-12H2,2H3,(H,21,25)(H,22,26). The van der Waals surface area contributed by atoms with Gasteiger partial charge in [0, 0.05) is 13.1 Å². The van der Waals surface area contributed by atoms with E-state index < -0.39 is 11.9 Å². The van der Waals surface area contributed by atoms with Crippen LogP contribution < -0.4 is 10.6 Å². The number of aromatic nitrogens is 2. The zero-order valence-electron chi connectivity index (χ0n) is 15.7. The number of carbonyl (C=O) groups is 3. The molecule has 1 aliphatic heterocycles. The predicted octanol–water partition coefficient (Wildman–Crippen LogP) is 2.17. The van der Waals surface area contributed by atoms with Crippen LogP contribution in [0.2, 0.25) is 0 Å². The maximum atomic E-state index is 12.9. The Labute approximate surface area is 162 Å². The van der Waals surface area contributed by atoms with Gasteiger partial charge in [-0.3, -0.25) is 9.59 Å². The van der Waals surface area contributed by atoms with Crippen LogP contribution in [0.15, 0.2) is 36.9 Å². The van der Waals surface area contributed by atoms with Gasteiger partial charge in [-0.15, -0.1) is 6.58 Å². The molecule has 2 amide bonds. The maximum absolute atomic E-state index is 12.9. The average molecular weight is 382 g/mol. The molecular formula is C20H22N4O4. The number of imidazole rings is 1. The van der Waals surface area contributed by atoms with Gasteiger partial charge in [-0.05, 0) is 31.4 Å². The van der Waals surface area contributed by atoms with Crippen LogP contribution in [0.1, 0.15) is 50.0 Å². The molecule has 2 aromatic rings. The van der Waals surface area contributed by atoms with Gasteiger partial charge in [-0.25, -0.2) is 9.78 Å². The summed E-state index contributed by atoms with van der Waals surface area (Å²) in [5.41, 5.74) is 1.57. The maximum Gasteiger partial charge on any atom is 0.339 e. The Hall–Kier alpha value is -3.42. The highest BCUT2D eigenvalue weighted by Gasteiger charge is 2.28. The molecule has 0 unspecified atom stereocenters. The Morgan fingerprint density at radius 1 is 1.25 bits per heavy atom. The second kappa shape index (κ2) is 8.51. The lowest BCUT2D eigenvalue weighted by Gasteiger charge is -2.17. The summed E-state index contributed by atoms with van der Waals surface area (Å²) < 4.78 is 6.54. The van der Waals surface area contributed by atoms with Gasteiger partial charge < -0.3 is 19.9 Å². The lowest BCUT2D eigenvalue weighted by Crippen LogP contribution is -2.25. The van der Waals surface area contributed by atoms with Gasteiger partial charge in [0.05, 0.1) is 24.1 Å². The fraction of sp³-hybridized carbons (Fsp3) is 0.300. The molecule has 0 saturated carbocycles. The number of methoxy groups -OCH3 is 1. The first-order valence-electron chi connectivity index (χ1n) is 9.04. The van der Waals surface area contributed by atoms with E-state index in [1.54, 1.807) is 34.9 Å². The number of amides is 2. The number of nitrogens with one attached hydrogen (secondary N) is 2. The number of fused-ring (bicyclic) bond motifs is 1. The number of esters is 1. The van der Waals surface area contributed by atoms with E-state index in [2.05, 4.69) is 22.2 Å². The Kier molecular flexibility index (Phi) is 5.88. The largest absolute Gasteiger partial charge is 0.465 e. The van der Waals surface area contributed by atoms with Crippen molar-refractivity contribution < 1.29 is 19.1 Å². The molecule has 0 spiro atoms.